The molecule has 2 aromatic rings. The summed E-state index contributed by atoms with van der Waals surface area (Å²) < 4.78 is 38.5. The molecule has 0 N–H and O–H groups in total. The Bertz CT molecular complexity index is 680. The number of nitrogens with zero attached hydrogens (tertiary/aromatic N) is 2. The van der Waals surface area contributed by atoms with Crippen LogP contribution in [0.2, 0.25) is 0 Å². The van der Waals surface area contributed by atoms with Gasteiger partial charge in [0, 0.05) is 11.1 Å². The molecule has 1 heterocycles. The number of hydrogen-bond acceptors (Lipinski definition) is 3. The lowest BCUT2D eigenvalue weighted by molar-refractivity contribution is -0.137. The number of pyridine rings is 1. The zero-order valence-electron chi connectivity index (χ0n) is 9.78. The third kappa shape index (κ3) is 3.32. The van der Waals surface area contributed by atoms with E-state index in [1.165, 1.54) is 6.07 Å². The van der Waals surface area contributed by atoms with Crippen molar-refractivity contribution in [3.05, 3.63) is 52.1 Å². The predicted molar refractivity (Wildman–Crippen MR) is 72.2 cm³/mol. The zero-order chi connectivity index (χ0) is 14.8. The van der Waals surface area contributed by atoms with Gasteiger partial charge in [-0.3, -0.25) is 0 Å². The third-order valence-electron chi connectivity index (χ3n) is 2.36. The zero-order valence-corrected chi connectivity index (χ0v) is 12.2. The van der Waals surface area contributed by atoms with Crippen molar-refractivity contribution in [1.82, 2.24) is 4.98 Å². The van der Waals surface area contributed by atoms with Gasteiger partial charge in [0.25, 0.3) is 0 Å². The molecule has 2 rings (SSSR count). The van der Waals surface area contributed by atoms with Gasteiger partial charge in [-0.25, -0.2) is 4.98 Å². The number of hydrogen-bond donors (Lipinski definition) is 0. The molecule has 0 atom stereocenters. The van der Waals surface area contributed by atoms with E-state index in [9.17, 15) is 13.2 Å². The molecule has 7 heteroatoms. The highest BCUT2D eigenvalue weighted by Crippen LogP contribution is 2.36. The quantitative estimate of drug-likeness (QED) is 0.767. The van der Waals surface area contributed by atoms with Gasteiger partial charge in [0.05, 0.1) is 15.6 Å². The first-order valence-corrected chi connectivity index (χ1v) is 6.92. The average Bonchev–Trinajstić information content (AvgIpc) is 2.40. The molecular weight excluding hydrogens is 353 g/mol. The molecule has 0 unspecified atom stereocenters. The van der Waals surface area contributed by atoms with Crippen LogP contribution >= 0.6 is 27.7 Å². The lowest BCUT2D eigenvalue weighted by Gasteiger charge is -2.09. The Hall–Kier alpha value is -1.52. The van der Waals surface area contributed by atoms with Crippen LogP contribution in [0.4, 0.5) is 13.2 Å². The fraction of sp³-hybridized carbons (Fsp3) is 0.0769. The second-order valence-electron chi connectivity index (χ2n) is 3.71. The van der Waals surface area contributed by atoms with Gasteiger partial charge in [-0.15, -0.1) is 0 Å². The highest BCUT2D eigenvalue weighted by Gasteiger charge is 2.31. The van der Waals surface area contributed by atoms with Crippen molar-refractivity contribution in [3.8, 4) is 6.07 Å². The molecule has 0 spiro atoms. The van der Waals surface area contributed by atoms with Crippen LogP contribution in [0, 0.1) is 11.3 Å². The normalized spacial score (nSPS) is 11.2. The average molecular weight is 359 g/mol. The summed E-state index contributed by atoms with van der Waals surface area (Å²) in [6.07, 6.45) is -2.89. The topological polar surface area (TPSA) is 36.7 Å². The van der Waals surface area contributed by atoms with Gasteiger partial charge in [0.1, 0.15) is 11.1 Å². The van der Waals surface area contributed by atoms with E-state index >= 15 is 0 Å². The molecule has 0 fully saturated rings. The fourth-order valence-electron chi connectivity index (χ4n) is 1.43. The van der Waals surface area contributed by atoms with E-state index in [1.807, 2.05) is 0 Å². The van der Waals surface area contributed by atoms with Crippen molar-refractivity contribution in [2.75, 3.05) is 0 Å². The largest absolute Gasteiger partial charge is 0.416 e. The van der Waals surface area contributed by atoms with E-state index in [4.69, 9.17) is 5.26 Å². The molecular formula is C13H6BrF3N2S. The third-order valence-corrected chi connectivity index (χ3v) is 4.36. The molecule has 0 amide bonds. The van der Waals surface area contributed by atoms with Crippen LogP contribution in [-0.2, 0) is 6.18 Å². The molecule has 2 nitrogen and oxygen atoms in total. The fourth-order valence-corrected chi connectivity index (χ4v) is 2.77. The van der Waals surface area contributed by atoms with Gasteiger partial charge < -0.3 is 0 Å². The maximum absolute atomic E-state index is 12.6. The smallest absolute Gasteiger partial charge is 0.248 e. The number of alkyl halides is 3. The minimum absolute atomic E-state index is 0.0256. The second-order valence-corrected chi connectivity index (χ2v) is 5.60. The van der Waals surface area contributed by atoms with Crippen molar-refractivity contribution in [2.45, 2.75) is 16.1 Å². The lowest BCUT2D eigenvalue weighted by Crippen LogP contribution is -2.05. The number of benzene rings is 1. The Labute approximate surface area is 125 Å². The maximum atomic E-state index is 12.6. The van der Waals surface area contributed by atoms with Crippen molar-refractivity contribution >= 4 is 27.7 Å². The summed E-state index contributed by atoms with van der Waals surface area (Å²) in [5.74, 6) is 0. The number of aromatic nitrogens is 1. The summed E-state index contributed by atoms with van der Waals surface area (Å²) in [6, 6.07) is 8.37. The van der Waals surface area contributed by atoms with Gasteiger partial charge in [-0.1, -0.05) is 11.8 Å². The molecule has 102 valence electrons. The predicted octanol–water partition coefficient (Wildman–Crippen LogP) is 4.89. The van der Waals surface area contributed by atoms with Crippen molar-refractivity contribution in [3.63, 3.8) is 0 Å². The highest BCUT2D eigenvalue weighted by molar-refractivity contribution is 9.10. The highest BCUT2D eigenvalue weighted by atomic mass is 79.9. The Kier molecular flexibility index (Phi) is 4.35. The van der Waals surface area contributed by atoms with Gasteiger partial charge in [-0.2, -0.15) is 18.4 Å². The summed E-state index contributed by atoms with van der Waals surface area (Å²) in [4.78, 5) is 4.54. The monoisotopic (exact) mass is 358 g/mol. The Morgan fingerprint density at radius 1 is 1.25 bits per heavy atom. The minimum atomic E-state index is -4.46. The molecule has 0 aliphatic heterocycles. The molecule has 20 heavy (non-hydrogen) atoms. The summed E-state index contributed by atoms with van der Waals surface area (Å²) >= 11 is 4.44. The van der Waals surface area contributed by atoms with Gasteiger partial charge >= 0.3 is 6.18 Å². The molecule has 0 saturated heterocycles. The molecule has 0 saturated carbocycles. The first-order chi connectivity index (χ1) is 9.41. The van der Waals surface area contributed by atoms with Crippen molar-refractivity contribution in [1.29, 1.82) is 5.26 Å². The van der Waals surface area contributed by atoms with Crippen molar-refractivity contribution in [2.24, 2.45) is 0 Å². The minimum Gasteiger partial charge on any atom is -0.248 e. The van der Waals surface area contributed by atoms with Crippen LogP contribution in [-0.4, -0.2) is 4.98 Å². The van der Waals surface area contributed by atoms with E-state index in [-0.39, 0.29) is 5.56 Å². The van der Waals surface area contributed by atoms with E-state index in [0.717, 1.165) is 23.9 Å². The Morgan fingerprint density at radius 2 is 2.00 bits per heavy atom. The second kappa shape index (κ2) is 5.85. The Morgan fingerprint density at radius 3 is 2.60 bits per heavy atom. The number of halogens is 4. The molecule has 1 aromatic heterocycles. The maximum Gasteiger partial charge on any atom is 0.416 e. The SMILES string of the molecule is N#Cc1cc(C(F)(F)F)ccc1Sc1ncccc1Br. The summed E-state index contributed by atoms with van der Waals surface area (Å²) in [6.45, 7) is 0. The summed E-state index contributed by atoms with van der Waals surface area (Å²) in [7, 11) is 0. The van der Waals surface area contributed by atoms with Crippen LogP contribution in [0.5, 0.6) is 0 Å². The molecule has 0 aliphatic rings. The Balaban J connectivity index is 2.39. The van der Waals surface area contributed by atoms with Gasteiger partial charge in [-0.05, 0) is 46.3 Å². The van der Waals surface area contributed by atoms with Crippen molar-refractivity contribution < 1.29 is 13.2 Å². The van der Waals surface area contributed by atoms with Crippen LogP contribution in [0.15, 0.2) is 50.9 Å². The van der Waals surface area contributed by atoms with Crippen LogP contribution in [0.1, 0.15) is 11.1 Å². The van der Waals surface area contributed by atoms with E-state index < -0.39 is 11.7 Å². The van der Waals surface area contributed by atoms with E-state index in [2.05, 4.69) is 20.9 Å². The molecule has 0 bridgehead atoms. The van der Waals surface area contributed by atoms with Gasteiger partial charge in [0.2, 0.25) is 0 Å². The van der Waals surface area contributed by atoms with Gasteiger partial charge in [0.15, 0.2) is 0 Å². The number of rotatable bonds is 2. The summed E-state index contributed by atoms with van der Waals surface area (Å²) in [5, 5.41) is 9.58. The standard InChI is InChI=1S/C13H6BrF3N2S/c14-10-2-1-5-19-12(10)20-11-4-3-9(13(15,16)17)6-8(11)7-18/h1-6H. The molecule has 1 aromatic carbocycles. The first-order valence-electron chi connectivity index (χ1n) is 5.31. The molecule has 0 radical (unpaired) electrons. The summed E-state index contributed by atoms with van der Waals surface area (Å²) in [5.41, 5.74) is -0.860. The lowest BCUT2D eigenvalue weighted by atomic mass is 10.1. The number of nitriles is 1. The van der Waals surface area contributed by atoms with E-state index in [0.29, 0.717) is 14.4 Å². The van der Waals surface area contributed by atoms with E-state index in [1.54, 1.807) is 24.4 Å². The van der Waals surface area contributed by atoms with Crippen LogP contribution in [0.3, 0.4) is 0 Å². The van der Waals surface area contributed by atoms with Crippen LogP contribution < -0.4 is 0 Å². The molecule has 0 aliphatic carbocycles. The van der Waals surface area contributed by atoms with Crippen LogP contribution in [0.25, 0.3) is 0 Å². The first kappa shape index (κ1) is 14.9.